The molecular weight excluding hydrogens is 160 g/mol. The van der Waals surface area contributed by atoms with E-state index in [1.807, 2.05) is 0 Å². The van der Waals surface area contributed by atoms with E-state index < -0.39 is 12.1 Å². The van der Waals surface area contributed by atoms with Crippen LogP contribution in [-0.2, 0) is 0 Å². The quantitative estimate of drug-likeness (QED) is 0.294. The van der Waals surface area contributed by atoms with Gasteiger partial charge in [0.05, 0.1) is 24.8 Å². The van der Waals surface area contributed by atoms with Crippen molar-refractivity contribution in [1.82, 2.24) is 5.32 Å². The van der Waals surface area contributed by atoms with Crippen molar-refractivity contribution in [3.05, 3.63) is 10.4 Å². The fraction of sp³-hybridized carbons (Fsp3) is 1.00. The topological polar surface area (TPSA) is 101 Å². The number of nitrogens with zero attached hydrogens (tertiary/aromatic N) is 3. The molecule has 0 amide bonds. The van der Waals surface area contributed by atoms with Crippen LogP contribution in [0.25, 0.3) is 10.4 Å². The lowest BCUT2D eigenvalue weighted by molar-refractivity contribution is 0.110. The van der Waals surface area contributed by atoms with Crippen molar-refractivity contribution in [2.24, 2.45) is 5.11 Å². The molecule has 1 saturated heterocycles. The van der Waals surface area contributed by atoms with Crippen LogP contribution in [0.1, 0.15) is 6.92 Å². The van der Waals surface area contributed by atoms with Crippen molar-refractivity contribution in [3.63, 3.8) is 0 Å². The second-order valence-corrected chi connectivity index (χ2v) is 2.93. The van der Waals surface area contributed by atoms with E-state index in [0.29, 0.717) is 0 Å². The van der Waals surface area contributed by atoms with Crippen LogP contribution in [0.4, 0.5) is 0 Å². The van der Waals surface area contributed by atoms with E-state index in [-0.39, 0.29) is 18.7 Å². The fourth-order valence-electron chi connectivity index (χ4n) is 1.46. The van der Waals surface area contributed by atoms with Gasteiger partial charge in [0.25, 0.3) is 0 Å². The number of hydrogen-bond acceptors (Lipinski definition) is 4. The maximum absolute atomic E-state index is 9.46. The highest BCUT2D eigenvalue weighted by molar-refractivity contribution is 5.00. The van der Waals surface area contributed by atoms with Gasteiger partial charge in [0.2, 0.25) is 0 Å². The summed E-state index contributed by atoms with van der Waals surface area (Å²) in [5.74, 6) is 0. The van der Waals surface area contributed by atoms with Gasteiger partial charge in [-0.1, -0.05) is 5.11 Å². The van der Waals surface area contributed by atoms with Crippen molar-refractivity contribution in [2.75, 3.05) is 6.61 Å². The number of azide groups is 1. The highest BCUT2D eigenvalue weighted by Crippen LogP contribution is 2.17. The van der Waals surface area contributed by atoms with E-state index in [1.54, 1.807) is 6.92 Å². The molecule has 4 atom stereocenters. The molecule has 0 spiro atoms. The number of nitrogens with one attached hydrogen (secondary N) is 1. The molecular formula is C6H12N4O2. The molecule has 6 heteroatoms. The molecule has 1 aliphatic rings. The third-order valence-electron chi connectivity index (χ3n) is 2.13. The van der Waals surface area contributed by atoms with Crippen molar-refractivity contribution in [1.29, 1.82) is 0 Å². The minimum atomic E-state index is -0.791. The van der Waals surface area contributed by atoms with Gasteiger partial charge in [-0.3, -0.25) is 0 Å². The van der Waals surface area contributed by atoms with Crippen molar-refractivity contribution < 1.29 is 10.2 Å². The number of aliphatic hydroxyl groups excluding tert-OH is 2. The fourth-order valence-corrected chi connectivity index (χ4v) is 1.46. The Kier molecular flexibility index (Phi) is 2.88. The lowest BCUT2D eigenvalue weighted by Crippen LogP contribution is -2.35. The van der Waals surface area contributed by atoms with Gasteiger partial charge in [-0.15, -0.1) is 0 Å². The lowest BCUT2D eigenvalue weighted by atomic mass is 10.1. The Balaban J connectivity index is 2.69. The van der Waals surface area contributed by atoms with Crippen LogP contribution in [0.2, 0.25) is 0 Å². The van der Waals surface area contributed by atoms with Gasteiger partial charge in [-0.25, -0.2) is 0 Å². The molecule has 0 bridgehead atoms. The first kappa shape index (κ1) is 9.28. The van der Waals surface area contributed by atoms with Crippen molar-refractivity contribution in [3.8, 4) is 0 Å². The molecule has 1 unspecified atom stereocenters. The SMILES string of the molecule is C[C@@H]1N[C@H](CO)[C@@H](O)C1N=[N+]=[N-]. The van der Waals surface area contributed by atoms with Crippen LogP contribution in [-0.4, -0.2) is 41.0 Å². The summed E-state index contributed by atoms with van der Waals surface area (Å²) in [5, 5.41) is 24.6. The second kappa shape index (κ2) is 3.73. The van der Waals surface area contributed by atoms with E-state index in [1.165, 1.54) is 0 Å². The Hall–Kier alpha value is -0.810. The van der Waals surface area contributed by atoms with E-state index in [9.17, 15) is 5.11 Å². The van der Waals surface area contributed by atoms with E-state index in [4.69, 9.17) is 10.6 Å². The zero-order valence-electron chi connectivity index (χ0n) is 6.75. The Labute approximate surface area is 69.8 Å². The molecule has 68 valence electrons. The molecule has 1 aliphatic heterocycles. The summed E-state index contributed by atoms with van der Waals surface area (Å²) in [6.07, 6.45) is -0.791. The second-order valence-electron chi connectivity index (χ2n) is 2.93. The maximum Gasteiger partial charge on any atom is 0.0815 e. The summed E-state index contributed by atoms with van der Waals surface area (Å²) in [6, 6.07) is -0.948. The third-order valence-corrected chi connectivity index (χ3v) is 2.13. The molecule has 0 aromatic carbocycles. The van der Waals surface area contributed by atoms with E-state index in [2.05, 4.69) is 15.3 Å². The average Bonchev–Trinajstić information content (AvgIpc) is 2.32. The smallest absolute Gasteiger partial charge is 0.0815 e. The Bertz CT molecular complexity index is 204. The molecule has 3 N–H and O–H groups in total. The first-order valence-corrected chi connectivity index (χ1v) is 3.80. The standard InChI is InChI=1S/C6H12N4O2/c1-3-5(9-10-7)6(12)4(2-11)8-3/h3-6,8,11-12H,2H2,1H3/t3-,4+,5?,6+/m0/s1. The predicted octanol–water partition coefficient (Wildman–Crippen LogP) is -0.621. The van der Waals surface area contributed by atoms with Gasteiger partial charge in [0.1, 0.15) is 0 Å². The molecule has 1 heterocycles. The first-order chi connectivity index (χ1) is 5.70. The summed E-state index contributed by atoms with van der Waals surface area (Å²) >= 11 is 0. The highest BCUT2D eigenvalue weighted by atomic mass is 16.3. The number of hydrogen-bond donors (Lipinski definition) is 3. The maximum atomic E-state index is 9.46. The summed E-state index contributed by atoms with van der Waals surface area (Å²) in [6.45, 7) is 1.65. The van der Waals surface area contributed by atoms with Crippen LogP contribution in [0.15, 0.2) is 5.11 Å². The Morgan fingerprint density at radius 2 is 2.33 bits per heavy atom. The van der Waals surface area contributed by atoms with Gasteiger partial charge in [-0.05, 0) is 12.5 Å². The minimum Gasteiger partial charge on any atom is -0.395 e. The molecule has 1 fully saturated rings. The molecule has 0 radical (unpaired) electrons. The summed E-state index contributed by atoms with van der Waals surface area (Å²) in [4.78, 5) is 2.63. The summed E-state index contributed by atoms with van der Waals surface area (Å²) < 4.78 is 0. The van der Waals surface area contributed by atoms with Gasteiger partial charge >= 0.3 is 0 Å². The van der Waals surface area contributed by atoms with Gasteiger partial charge in [0.15, 0.2) is 0 Å². The zero-order chi connectivity index (χ0) is 9.14. The largest absolute Gasteiger partial charge is 0.395 e. The lowest BCUT2D eigenvalue weighted by Gasteiger charge is -2.12. The molecule has 6 nitrogen and oxygen atoms in total. The summed E-state index contributed by atoms with van der Waals surface area (Å²) in [7, 11) is 0. The Morgan fingerprint density at radius 1 is 1.67 bits per heavy atom. The Morgan fingerprint density at radius 3 is 2.75 bits per heavy atom. The van der Waals surface area contributed by atoms with E-state index in [0.717, 1.165) is 0 Å². The van der Waals surface area contributed by atoms with Crippen LogP contribution in [0, 0.1) is 0 Å². The highest BCUT2D eigenvalue weighted by Gasteiger charge is 2.38. The number of rotatable bonds is 2. The molecule has 0 aliphatic carbocycles. The van der Waals surface area contributed by atoms with Crippen molar-refractivity contribution in [2.45, 2.75) is 31.2 Å². The van der Waals surface area contributed by atoms with Crippen LogP contribution < -0.4 is 5.32 Å². The summed E-state index contributed by atoms with van der Waals surface area (Å²) in [5.41, 5.74) is 8.18. The normalized spacial score (nSPS) is 40.9. The average molecular weight is 172 g/mol. The van der Waals surface area contributed by atoms with Crippen molar-refractivity contribution >= 4 is 0 Å². The van der Waals surface area contributed by atoms with Crippen LogP contribution >= 0.6 is 0 Å². The monoisotopic (exact) mass is 172 g/mol. The predicted molar refractivity (Wildman–Crippen MR) is 42.4 cm³/mol. The zero-order valence-corrected chi connectivity index (χ0v) is 6.75. The molecule has 0 saturated carbocycles. The van der Waals surface area contributed by atoms with Crippen LogP contribution in [0.3, 0.4) is 0 Å². The number of aliphatic hydroxyl groups is 2. The first-order valence-electron chi connectivity index (χ1n) is 3.80. The van der Waals surface area contributed by atoms with Gasteiger partial charge in [0, 0.05) is 11.0 Å². The van der Waals surface area contributed by atoms with Gasteiger partial charge < -0.3 is 15.5 Å². The van der Waals surface area contributed by atoms with Crippen LogP contribution in [0.5, 0.6) is 0 Å². The molecule has 12 heavy (non-hydrogen) atoms. The minimum absolute atomic E-state index is 0.0898. The molecule has 0 aromatic rings. The third kappa shape index (κ3) is 1.51. The molecule has 0 aromatic heterocycles. The molecule has 1 rings (SSSR count). The van der Waals surface area contributed by atoms with E-state index >= 15 is 0 Å². The van der Waals surface area contributed by atoms with Gasteiger partial charge in [-0.2, -0.15) is 0 Å².